The summed E-state index contributed by atoms with van der Waals surface area (Å²) >= 11 is 1.60. The van der Waals surface area contributed by atoms with E-state index in [0.29, 0.717) is 12.3 Å². The molecule has 0 unspecified atom stereocenters. The monoisotopic (exact) mass is 317 g/mol. The summed E-state index contributed by atoms with van der Waals surface area (Å²) in [5.74, 6) is 0.684. The number of alkyl carbamates (subject to hydrolysis) is 1. The van der Waals surface area contributed by atoms with Gasteiger partial charge in [0.15, 0.2) is 0 Å². The average Bonchev–Trinajstić information content (AvgIpc) is 2.58. The molecule has 0 aliphatic rings. The van der Waals surface area contributed by atoms with Crippen molar-refractivity contribution in [3.63, 3.8) is 0 Å². The third-order valence-corrected chi connectivity index (χ3v) is 3.93. The molecule has 1 amide bonds. The van der Waals surface area contributed by atoms with Gasteiger partial charge in [0, 0.05) is 17.2 Å². The SMILES string of the molecule is O=C(NCc1ccc(SCCO)cc1)OCc1ccccc1. The van der Waals surface area contributed by atoms with Gasteiger partial charge < -0.3 is 15.2 Å². The quantitative estimate of drug-likeness (QED) is 0.770. The van der Waals surface area contributed by atoms with E-state index in [1.165, 1.54) is 0 Å². The summed E-state index contributed by atoms with van der Waals surface area (Å²) < 4.78 is 5.14. The number of rotatable bonds is 7. The van der Waals surface area contributed by atoms with E-state index in [1.807, 2.05) is 54.6 Å². The molecule has 5 heteroatoms. The van der Waals surface area contributed by atoms with Gasteiger partial charge in [0.05, 0.1) is 6.61 Å². The van der Waals surface area contributed by atoms with Crippen LogP contribution in [0.15, 0.2) is 59.5 Å². The molecule has 0 aliphatic heterocycles. The van der Waals surface area contributed by atoms with E-state index in [1.54, 1.807) is 11.8 Å². The van der Waals surface area contributed by atoms with E-state index < -0.39 is 6.09 Å². The molecule has 0 bridgehead atoms. The lowest BCUT2D eigenvalue weighted by atomic mass is 10.2. The maximum absolute atomic E-state index is 11.6. The molecule has 0 heterocycles. The van der Waals surface area contributed by atoms with Crippen molar-refractivity contribution in [2.24, 2.45) is 0 Å². The zero-order valence-electron chi connectivity index (χ0n) is 12.2. The lowest BCUT2D eigenvalue weighted by Crippen LogP contribution is -2.23. The second-order valence-corrected chi connectivity index (χ2v) is 5.80. The maximum Gasteiger partial charge on any atom is 0.407 e. The van der Waals surface area contributed by atoms with Crippen LogP contribution in [0.4, 0.5) is 4.79 Å². The van der Waals surface area contributed by atoms with Crippen molar-refractivity contribution in [1.29, 1.82) is 0 Å². The van der Waals surface area contributed by atoms with Crippen LogP contribution in [0, 0.1) is 0 Å². The van der Waals surface area contributed by atoms with E-state index in [4.69, 9.17) is 9.84 Å². The fourth-order valence-corrected chi connectivity index (χ4v) is 2.47. The van der Waals surface area contributed by atoms with Gasteiger partial charge in [-0.1, -0.05) is 42.5 Å². The second-order valence-electron chi connectivity index (χ2n) is 4.63. The summed E-state index contributed by atoms with van der Waals surface area (Å²) in [4.78, 5) is 12.7. The Morgan fingerprint density at radius 1 is 1.05 bits per heavy atom. The molecular weight excluding hydrogens is 298 g/mol. The summed E-state index contributed by atoms with van der Waals surface area (Å²) in [7, 11) is 0. The standard InChI is InChI=1S/C17H19NO3S/c19-10-11-22-16-8-6-14(7-9-16)12-18-17(20)21-13-15-4-2-1-3-5-15/h1-9,19H,10-13H2,(H,18,20). The largest absolute Gasteiger partial charge is 0.445 e. The molecule has 2 rings (SSSR count). The highest BCUT2D eigenvalue weighted by Crippen LogP contribution is 2.17. The molecule has 116 valence electrons. The lowest BCUT2D eigenvalue weighted by molar-refractivity contribution is 0.139. The van der Waals surface area contributed by atoms with Crippen molar-refractivity contribution in [3.05, 3.63) is 65.7 Å². The zero-order valence-corrected chi connectivity index (χ0v) is 13.0. The smallest absolute Gasteiger partial charge is 0.407 e. The lowest BCUT2D eigenvalue weighted by Gasteiger charge is -2.08. The molecule has 2 N–H and O–H groups in total. The number of nitrogens with one attached hydrogen (secondary N) is 1. The summed E-state index contributed by atoms with van der Waals surface area (Å²) in [6.07, 6.45) is -0.428. The number of amides is 1. The second kappa shape index (κ2) is 9.12. The number of carbonyl (C=O) groups is 1. The van der Waals surface area contributed by atoms with Gasteiger partial charge >= 0.3 is 6.09 Å². The highest BCUT2D eigenvalue weighted by atomic mass is 32.2. The zero-order chi connectivity index (χ0) is 15.6. The van der Waals surface area contributed by atoms with Gasteiger partial charge in [-0.05, 0) is 23.3 Å². The molecule has 0 aromatic heterocycles. The van der Waals surface area contributed by atoms with Gasteiger partial charge in [-0.3, -0.25) is 0 Å². The number of carbonyl (C=O) groups excluding carboxylic acids is 1. The Balaban J connectivity index is 1.71. The molecule has 0 radical (unpaired) electrons. The van der Waals surface area contributed by atoms with Gasteiger partial charge in [0.1, 0.15) is 6.61 Å². The van der Waals surface area contributed by atoms with Crippen molar-refractivity contribution in [3.8, 4) is 0 Å². The Morgan fingerprint density at radius 2 is 1.77 bits per heavy atom. The Labute approximate surface area is 134 Å². The first-order valence-corrected chi connectivity index (χ1v) is 8.03. The predicted molar refractivity (Wildman–Crippen MR) is 87.7 cm³/mol. The molecule has 2 aromatic rings. The minimum atomic E-state index is -0.428. The number of thioether (sulfide) groups is 1. The van der Waals surface area contributed by atoms with E-state index >= 15 is 0 Å². The van der Waals surface area contributed by atoms with Crippen LogP contribution in [0.25, 0.3) is 0 Å². The van der Waals surface area contributed by atoms with Gasteiger partial charge in [-0.25, -0.2) is 4.79 Å². The topological polar surface area (TPSA) is 58.6 Å². The van der Waals surface area contributed by atoms with Crippen LogP contribution < -0.4 is 5.32 Å². The van der Waals surface area contributed by atoms with Crippen LogP contribution in [-0.2, 0) is 17.9 Å². The molecule has 22 heavy (non-hydrogen) atoms. The third-order valence-electron chi connectivity index (χ3n) is 2.93. The van der Waals surface area contributed by atoms with Crippen molar-refractivity contribution < 1.29 is 14.6 Å². The van der Waals surface area contributed by atoms with Crippen LogP contribution in [0.2, 0.25) is 0 Å². The molecule has 2 aromatic carbocycles. The first-order valence-electron chi connectivity index (χ1n) is 7.05. The number of hydrogen-bond donors (Lipinski definition) is 2. The summed E-state index contributed by atoms with van der Waals surface area (Å²) in [6.45, 7) is 0.864. The molecule has 4 nitrogen and oxygen atoms in total. The fourth-order valence-electron chi connectivity index (χ4n) is 1.82. The van der Waals surface area contributed by atoms with E-state index in [-0.39, 0.29) is 13.2 Å². The Bertz CT molecular complexity index is 572. The summed E-state index contributed by atoms with van der Waals surface area (Å²) in [6, 6.07) is 17.4. The minimum Gasteiger partial charge on any atom is -0.445 e. The van der Waals surface area contributed by atoms with Crippen LogP contribution in [0.1, 0.15) is 11.1 Å². The summed E-state index contributed by atoms with van der Waals surface area (Å²) in [5.41, 5.74) is 1.97. The molecule has 0 spiro atoms. The van der Waals surface area contributed by atoms with Crippen molar-refractivity contribution in [1.82, 2.24) is 5.32 Å². The van der Waals surface area contributed by atoms with Crippen LogP contribution in [0.5, 0.6) is 0 Å². The van der Waals surface area contributed by atoms with Crippen LogP contribution in [-0.4, -0.2) is 23.6 Å². The Morgan fingerprint density at radius 3 is 2.45 bits per heavy atom. The number of aliphatic hydroxyl groups excluding tert-OH is 1. The minimum absolute atomic E-state index is 0.168. The van der Waals surface area contributed by atoms with E-state index in [9.17, 15) is 4.79 Å². The van der Waals surface area contributed by atoms with E-state index in [2.05, 4.69) is 5.32 Å². The summed E-state index contributed by atoms with van der Waals surface area (Å²) in [5, 5.41) is 11.5. The molecular formula is C17H19NO3S. The Kier molecular flexibility index (Phi) is 6.80. The van der Waals surface area contributed by atoms with Gasteiger partial charge in [0.2, 0.25) is 0 Å². The third kappa shape index (κ3) is 5.79. The van der Waals surface area contributed by atoms with Gasteiger partial charge in [0.25, 0.3) is 0 Å². The van der Waals surface area contributed by atoms with Crippen molar-refractivity contribution in [2.45, 2.75) is 18.0 Å². The number of hydrogen-bond acceptors (Lipinski definition) is 4. The molecule has 0 atom stereocenters. The number of benzene rings is 2. The fraction of sp³-hybridized carbons (Fsp3) is 0.235. The van der Waals surface area contributed by atoms with Crippen LogP contribution >= 0.6 is 11.8 Å². The highest BCUT2D eigenvalue weighted by Gasteiger charge is 2.03. The Hall–Kier alpha value is -1.98. The molecule has 0 fully saturated rings. The van der Waals surface area contributed by atoms with Crippen molar-refractivity contribution in [2.75, 3.05) is 12.4 Å². The normalized spacial score (nSPS) is 10.2. The van der Waals surface area contributed by atoms with Crippen LogP contribution in [0.3, 0.4) is 0 Å². The van der Waals surface area contributed by atoms with Gasteiger partial charge in [-0.2, -0.15) is 0 Å². The molecule has 0 aliphatic carbocycles. The maximum atomic E-state index is 11.6. The first kappa shape index (κ1) is 16.4. The van der Waals surface area contributed by atoms with E-state index in [0.717, 1.165) is 16.0 Å². The van der Waals surface area contributed by atoms with Gasteiger partial charge in [-0.15, -0.1) is 11.8 Å². The first-order chi connectivity index (χ1) is 10.8. The predicted octanol–water partition coefficient (Wildman–Crippen LogP) is 3.20. The van der Waals surface area contributed by atoms with Crippen molar-refractivity contribution >= 4 is 17.9 Å². The number of ether oxygens (including phenoxy) is 1. The highest BCUT2D eigenvalue weighted by molar-refractivity contribution is 7.99. The molecule has 0 saturated carbocycles. The number of aliphatic hydroxyl groups is 1. The average molecular weight is 317 g/mol. The molecule has 0 saturated heterocycles.